The van der Waals surface area contributed by atoms with E-state index in [0.717, 1.165) is 23.9 Å². The van der Waals surface area contributed by atoms with Crippen molar-refractivity contribution in [1.29, 1.82) is 0 Å². The number of nitrogen functional groups attached to an aromatic ring is 2. The van der Waals surface area contributed by atoms with Gasteiger partial charge in [0.05, 0.1) is 4.47 Å². The molecule has 5 heterocycles. The molecule has 13 heteroatoms. The summed E-state index contributed by atoms with van der Waals surface area (Å²) < 4.78 is 29.8. The van der Waals surface area contributed by atoms with Gasteiger partial charge in [0.25, 0.3) is 0 Å². The van der Waals surface area contributed by atoms with Gasteiger partial charge < -0.3 is 21.4 Å². The SMILES string of the molecule is Nc1ncc(-c2ccnc(F)c2Br)c(NCC2CC2)n1.Nc1ncc2c3ccnc(F)c3n(CC3CC3)c2n1. The summed E-state index contributed by atoms with van der Waals surface area (Å²) in [6.07, 6.45) is 11.0. The Balaban J connectivity index is 0.000000142. The highest BCUT2D eigenvalue weighted by Gasteiger charge is 2.26. The third kappa shape index (κ3) is 5.31. The van der Waals surface area contributed by atoms with E-state index in [4.69, 9.17) is 11.5 Å². The van der Waals surface area contributed by atoms with Crippen molar-refractivity contribution >= 4 is 55.6 Å². The Morgan fingerprint density at radius 2 is 1.54 bits per heavy atom. The van der Waals surface area contributed by atoms with Gasteiger partial charge in [-0.2, -0.15) is 18.7 Å². The minimum atomic E-state index is -0.563. The van der Waals surface area contributed by atoms with Crippen LogP contribution >= 0.6 is 15.9 Å². The molecule has 0 aromatic carbocycles. The summed E-state index contributed by atoms with van der Waals surface area (Å²) >= 11 is 3.21. The molecule has 0 unspecified atom stereocenters. The summed E-state index contributed by atoms with van der Waals surface area (Å²) in [5, 5.41) is 4.89. The minimum absolute atomic E-state index is 0.192. The smallest absolute Gasteiger partial charge is 0.237 e. The number of nitrogens with zero attached hydrogens (tertiary/aromatic N) is 7. The fourth-order valence-corrected chi connectivity index (χ4v) is 4.89. The van der Waals surface area contributed by atoms with Crippen LogP contribution in [-0.4, -0.2) is 41.0 Å². The quantitative estimate of drug-likeness (QED) is 0.232. The maximum Gasteiger partial charge on any atom is 0.237 e. The molecule has 7 rings (SSSR count). The number of nitrogens with two attached hydrogens (primary N) is 2. The predicted molar refractivity (Wildman–Crippen MR) is 148 cm³/mol. The molecule has 0 bridgehead atoms. The van der Waals surface area contributed by atoms with Crippen molar-refractivity contribution < 1.29 is 8.78 Å². The van der Waals surface area contributed by atoms with Crippen LogP contribution in [0.25, 0.3) is 33.1 Å². The zero-order valence-electron chi connectivity index (χ0n) is 20.8. The summed E-state index contributed by atoms with van der Waals surface area (Å²) in [6.45, 7) is 1.60. The molecule has 0 spiro atoms. The molecular weight excluding hydrogens is 570 g/mol. The molecule has 2 aliphatic carbocycles. The number of fused-ring (bicyclic) bond motifs is 3. The first-order valence-electron chi connectivity index (χ1n) is 12.6. The van der Waals surface area contributed by atoms with Gasteiger partial charge in [-0.3, -0.25) is 0 Å². The van der Waals surface area contributed by atoms with Crippen molar-refractivity contribution in [1.82, 2.24) is 34.5 Å². The van der Waals surface area contributed by atoms with E-state index in [1.165, 1.54) is 38.1 Å². The third-order valence-corrected chi connectivity index (χ3v) is 7.57. The Hall–Kier alpha value is -4.00. The Bertz CT molecular complexity index is 1680. The van der Waals surface area contributed by atoms with Crippen molar-refractivity contribution in [2.45, 2.75) is 32.2 Å². The molecule has 200 valence electrons. The third-order valence-electron chi connectivity index (χ3n) is 6.82. The van der Waals surface area contributed by atoms with Crippen molar-refractivity contribution in [3.8, 4) is 11.1 Å². The topological polar surface area (TPSA) is 146 Å². The second kappa shape index (κ2) is 10.3. The average molecular weight is 595 g/mol. The van der Waals surface area contributed by atoms with Gasteiger partial charge >= 0.3 is 0 Å². The maximum atomic E-state index is 14.0. The standard InChI is InChI=1S/C13H13BrFN5.C13H12FN5/c14-10-8(3-4-17-11(10)15)9-6-19-13(16)20-12(9)18-5-7-1-2-7;14-11-10-8(3-4-16-11)9-5-17-13(15)18-12(9)19(10)6-7-1-2-7/h3-4,6-7H,1-2,5H2,(H3,16,18,19,20);3-5,7H,1-2,6H2,(H2,15,17,18). The van der Waals surface area contributed by atoms with Crippen LogP contribution in [-0.2, 0) is 6.54 Å². The number of hydrogen-bond donors (Lipinski definition) is 3. The number of anilines is 3. The molecule has 0 atom stereocenters. The molecule has 2 aliphatic rings. The van der Waals surface area contributed by atoms with Crippen molar-refractivity contribution in [2.75, 3.05) is 23.3 Å². The Morgan fingerprint density at radius 1 is 0.846 bits per heavy atom. The number of pyridine rings is 2. The molecule has 2 saturated carbocycles. The van der Waals surface area contributed by atoms with Crippen LogP contribution in [0.4, 0.5) is 26.5 Å². The molecule has 0 saturated heterocycles. The van der Waals surface area contributed by atoms with Crippen LogP contribution < -0.4 is 16.8 Å². The first kappa shape index (κ1) is 25.3. The van der Waals surface area contributed by atoms with E-state index in [1.54, 1.807) is 24.5 Å². The summed E-state index contributed by atoms with van der Waals surface area (Å²) in [4.78, 5) is 23.8. The number of aromatic nitrogens is 7. The van der Waals surface area contributed by atoms with E-state index in [1.807, 2.05) is 4.57 Å². The van der Waals surface area contributed by atoms with Gasteiger partial charge in [0, 0.05) is 59.8 Å². The number of hydrogen-bond acceptors (Lipinski definition) is 9. The normalized spacial score (nSPS) is 14.8. The Kier molecular flexibility index (Phi) is 6.67. The highest BCUT2D eigenvalue weighted by Crippen LogP contribution is 2.36. The second-order valence-electron chi connectivity index (χ2n) is 9.80. The molecular formula is C26H25BrF2N10. The van der Waals surface area contributed by atoms with Gasteiger partial charge in [-0.15, -0.1) is 0 Å². The fourth-order valence-electron chi connectivity index (χ4n) is 4.44. The first-order chi connectivity index (χ1) is 18.9. The van der Waals surface area contributed by atoms with Crippen molar-refractivity contribution in [2.24, 2.45) is 11.8 Å². The molecule has 5 aromatic heterocycles. The molecule has 39 heavy (non-hydrogen) atoms. The van der Waals surface area contributed by atoms with Gasteiger partial charge in [0.1, 0.15) is 17.0 Å². The lowest BCUT2D eigenvalue weighted by Crippen LogP contribution is -2.09. The molecule has 5 aromatic rings. The summed E-state index contributed by atoms with van der Waals surface area (Å²) in [6, 6.07) is 3.51. The zero-order chi connectivity index (χ0) is 27.1. The van der Waals surface area contributed by atoms with E-state index in [-0.39, 0.29) is 11.9 Å². The fraction of sp³-hybridized carbons (Fsp3) is 0.308. The predicted octanol–water partition coefficient (Wildman–Crippen LogP) is 4.96. The van der Waals surface area contributed by atoms with Crippen LogP contribution in [0, 0.1) is 23.7 Å². The van der Waals surface area contributed by atoms with Gasteiger partial charge in [0.15, 0.2) is 0 Å². The zero-order valence-corrected chi connectivity index (χ0v) is 22.4. The number of halogens is 3. The summed E-state index contributed by atoms with van der Waals surface area (Å²) in [5.41, 5.74) is 13.8. The molecule has 0 radical (unpaired) electrons. The van der Waals surface area contributed by atoms with Crippen LogP contribution in [0.3, 0.4) is 0 Å². The second-order valence-corrected chi connectivity index (χ2v) is 10.6. The van der Waals surface area contributed by atoms with Gasteiger partial charge in [0.2, 0.25) is 23.8 Å². The van der Waals surface area contributed by atoms with Gasteiger partial charge in [-0.05, 0) is 65.6 Å². The molecule has 2 fully saturated rings. The van der Waals surface area contributed by atoms with E-state index in [2.05, 4.69) is 51.2 Å². The summed E-state index contributed by atoms with van der Waals surface area (Å²) in [7, 11) is 0. The van der Waals surface area contributed by atoms with Crippen LogP contribution in [0.5, 0.6) is 0 Å². The van der Waals surface area contributed by atoms with E-state index in [0.29, 0.717) is 44.4 Å². The van der Waals surface area contributed by atoms with Crippen LogP contribution in [0.15, 0.2) is 41.4 Å². The van der Waals surface area contributed by atoms with Gasteiger partial charge in [-0.25, -0.2) is 19.9 Å². The largest absolute Gasteiger partial charge is 0.369 e. The Morgan fingerprint density at radius 3 is 2.31 bits per heavy atom. The Labute approximate surface area is 230 Å². The minimum Gasteiger partial charge on any atom is -0.369 e. The lowest BCUT2D eigenvalue weighted by molar-refractivity contribution is 0.576. The average Bonchev–Trinajstić information content (AvgIpc) is 3.85. The molecule has 5 N–H and O–H groups in total. The number of rotatable bonds is 6. The highest BCUT2D eigenvalue weighted by molar-refractivity contribution is 9.10. The highest BCUT2D eigenvalue weighted by atomic mass is 79.9. The van der Waals surface area contributed by atoms with Crippen molar-refractivity contribution in [3.63, 3.8) is 0 Å². The maximum absolute atomic E-state index is 14.0. The molecule has 10 nitrogen and oxygen atoms in total. The van der Waals surface area contributed by atoms with Crippen LogP contribution in [0.2, 0.25) is 0 Å². The van der Waals surface area contributed by atoms with Gasteiger partial charge in [-0.1, -0.05) is 0 Å². The number of nitrogens with one attached hydrogen (secondary N) is 1. The van der Waals surface area contributed by atoms with Crippen molar-refractivity contribution in [3.05, 3.63) is 53.3 Å². The molecule has 0 amide bonds. The monoisotopic (exact) mass is 594 g/mol. The van der Waals surface area contributed by atoms with Crippen LogP contribution in [0.1, 0.15) is 25.7 Å². The van der Waals surface area contributed by atoms with E-state index < -0.39 is 11.9 Å². The molecule has 0 aliphatic heterocycles. The summed E-state index contributed by atoms with van der Waals surface area (Å²) in [5.74, 6) is 1.29. The lowest BCUT2D eigenvalue weighted by atomic mass is 10.1. The lowest BCUT2D eigenvalue weighted by Gasteiger charge is -2.12. The van der Waals surface area contributed by atoms with E-state index in [9.17, 15) is 8.78 Å². The van der Waals surface area contributed by atoms with E-state index >= 15 is 0 Å². The first-order valence-corrected chi connectivity index (χ1v) is 13.4.